The van der Waals surface area contributed by atoms with Crippen LogP contribution in [-0.4, -0.2) is 30.7 Å². The highest BCUT2D eigenvalue weighted by atomic mass is 35.5. The minimum absolute atomic E-state index is 0. The van der Waals surface area contributed by atoms with Crippen LogP contribution in [0.3, 0.4) is 0 Å². The molecule has 5 heteroatoms. The molecule has 1 saturated carbocycles. The Hall–Kier alpha value is -0.320. The summed E-state index contributed by atoms with van der Waals surface area (Å²) >= 11 is 0. The molecule has 1 unspecified atom stereocenters. The van der Waals surface area contributed by atoms with E-state index in [1.807, 2.05) is 0 Å². The zero-order valence-electron chi connectivity index (χ0n) is 11.0. The molecule has 18 heavy (non-hydrogen) atoms. The molecule has 1 amide bonds. The van der Waals surface area contributed by atoms with Crippen LogP contribution in [0.5, 0.6) is 0 Å². The van der Waals surface area contributed by atoms with Crippen molar-refractivity contribution in [3.8, 4) is 0 Å². The topological polar surface area (TPSA) is 64.3 Å². The van der Waals surface area contributed by atoms with E-state index in [4.69, 9.17) is 10.5 Å². The van der Waals surface area contributed by atoms with Gasteiger partial charge in [0, 0.05) is 19.6 Å². The van der Waals surface area contributed by atoms with Crippen molar-refractivity contribution in [1.29, 1.82) is 0 Å². The van der Waals surface area contributed by atoms with Gasteiger partial charge < -0.3 is 15.8 Å². The van der Waals surface area contributed by atoms with Gasteiger partial charge in [0.25, 0.3) is 0 Å². The second-order valence-electron chi connectivity index (χ2n) is 5.41. The number of amides is 1. The average molecular weight is 277 g/mol. The van der Waals surface area contributed by atoms with Crippen LogP contribution in [0.15, 0.2) is 0 Å². The first-order valence-corrected chi connectivity index (χ1v) is 6.87. The molecular formula is C13H25ClN2O2. The summed E-state index contributed by atoms with van der Waals surface area (Å²) in [5, 5.41) is 3.15. The number of rotatable bonds is 5. The van der Waals surface area contributed by atoms with Gasteiger partial charge in [-0.05, 0) is 32.1 Å². The van der Waals surface area contributed by atoms with Crippen LogP contribution in [0.1, 0.15) is 51.4 Å². The number of hydrogen-bond acceptors (Lipinski definition) is 3. The van der Waals surface area contributed by atoms with Gasteiger partial charge in [-0.2, -0.15) is 0 Å². The molecule has 0 bridgehead atoms. The predicted molar refractivity (Wildman–Crippen MR) is 73.9 cm³/mol. The van der Waals surface area contributed by atoms with E-state index in [0.717, 1.165) is 38.7 Å². The van der Waals surface area contributed by atoms with Gasteiger partial charge in [-0.15, -0.1) is 12.4 Å². The lowest BCUT2D eigenvalue weighted by Crippen LogP contribution is -2.51. The molecule has 1 saturated heterocycles. The number of ether oxygens (including phenoxy) is 1. The Kier molecular flexibility index (Phi) is 6.39. The van der Waals surface area contributed by atoms with Crippen molar-refractivity contribution in [3.05, 3.63) is 0 Å². The highest BCUT2D eigenvalue weighted by molar-refractivity contribution is 5.85. The monoisotopic (exact) mass is 276 g/mol. The summed E-state index contributed by atoms with van der Waals surface area (Å²) in [5.74, 6) is 0.146. The molecule has 2 fully saturated rings. The minimum Gasteiger partial charge on any atom is -0.378 e. The highest BCUT2D eigenvalue weighted by Crippen LogP contribution is 2.28. The summed E-state index contributed by atoms with van der Waals surface area (Å²) in [4.78, 5) is 11.9. The number of nitrogens with two attached hydrogens (primary N) is 1. The molecular weight excluding hydrogens is 252 g/mol. The van der Waals surface area contributed by atoms with E-state index in [1.165, 1.54) is 12.8 Å². The van der Waals surface area contributed by atoms with E-state index in [-0.39, 0.29) is 23.9 Å². The molecule has 0 aromatic carbocycles. The van der Waals surface area contributed by atoms with Crippen molar-refractivity contribution < 1.29 is 9.53 Å². The molecule has 2 rings (SSSR count). The van der Waals surface area contributed by atoms with Gasteiger partial charge in [0.2, 0.25) is 5.91 Å². The second-order valence-corrected chi connectivity index (χ2v) is 5.41. The molecule has 4 nitrogen and oxygen atoms in total. The van der Waals surface area contributed by atoms with Gasteiger partial charge in [0.15, 0.2) is 0 Å². The van der Waals surface area contributed by atoms with E-state index in [9.17, 15) is 4.79 Å². The third-order valence-electron chi connectivity index (χ3n) is 4.07. The fraction of sp³-hybridized carbons (Fsp3) is 0.923. The standard InChI is InChI=1S/C13H24N2O2.ClH/c14-10-13(7-1-2-8-13)15-12(16)6-5-11-4-3-9-17-11;/h11H,1-10,14H2,(H,15,16);1H. The quantitative estimate of drug-likeness (QED) is 0.804. The third-order valence-corrected chi connectivity index (χ3v) is 4.07. The highest BCUT2D eigenvalue weighted by Gasteiger charge is 2.33. The van der Waals surface area contributed by atoms with E-state index in [2.05, 4.69) is 5.32 Å². The summed E-state index contributed by atoms with van der Waals surface area (Å²) in [5.41, 5.74) is 5.69. The van der Waals surface area contributed by atoms with Crippen molar-refractivity contribution in [2.45, 2.75) is 63.0 Å². The van der Waals surface area contributed by atoms with Crippen molar-refractivity contribution in [2.24, 2.45) is 5.73 Å². The summed E-state index contributed by atoms with van der Waals surface area (Å²) in [6, 6.07) is 0. The lowest BCUT2D eigenvalue weighted by atomic mass is 9.97. The zero-order chi connectivity index (χ0) is 12.1. The molecule has 1 atom stereocenters. The smallest absolute Gasteiger partial charge is 0.220 e. The largest absolute Gasteiger partial charge is 0.378 e. The average Bonchev–Trinajstić information content (AvgIpc) is 2.98. The molecule has 1 heterocycles. The van der Waals surface area contributed by atoms with E-state index < -0.39 is 0 Å². The van der Waals surface area contributed by atoms with Crippen LogP contribution in [0.2, 0.25) is 0 Å². The molecule has 0 radical (unpaired) electrons. The van der Waals surface area contributed by atoms with Crippen molar-refractivity contribution in [1.82, 2.24) is 5.32 Å². The van der Waals surface area contributed by atoms with Crippen LogP contribution >= 0.6 is 12.4 Å². The first-order valence-electron chi connectivity index (χ1n) is 6.87. The number of halogens is 1. The number of carbonyl (C=O) groups excluding carboxylic acids is 1. The first kappa shape index (κ1) is 15.7. The maximum atomic E-state index is 11.9. The van der Waals surface area contributed by atoms with Gasteiger partial charge in [0.05, 0.1) is 11.6 Å². The minimum atomic E-state index is -0.104. The summed E-state index contributed by atoms with van der Waals surface area (Å²) in [7, 11) is 0. The van der Waals surface area contributed by atoms with Crippen molar-refractivity contribution >= 4 is 18.3 Å². The fourth-order valence-corrected chi connectivity index (χ4v) is 2.95. The Morgan fingerprint density at radius 1 is 1.33 bits per heavy atom. The molecule has 1 aliphatic heterocycles. The number of hydrogen-bond donors (Lipinski definition) is 2. The maximum absolute atomic E-state index is 11.9. The molecule has 0 aromatic rings. The fourth-order valence-electron chi connectivity index (χ4n) is 2.95. The van der Waals surface area contributed by atoms with Gasteiger partial charge in [-0.3, -0.25) is 4.79 Å². The number of carbonyl (C=O) groups is 1. The predicted octanol–water partition coefficient (Wildman–Crippen LogP) is 1.76. The van der Waals surface area contributed by atoms with Crippen LogP contribution in [-0.2, 0) is 9.53 Å². The lowest BCUT2D eigenvalue weighted by molar-refractivity contribution is -0.123. The van der Waals surface area contributed by atoms with Crippen LogP contribution in [0, 0.1) is 0 Å². The first-order chi connectivity index (χ1) is 8.24. The Bertz CT molecular complexity index is 262. The maximum Gasteiger partial charge on any atom is 0.220 e. The van der Waals surface area contributed by atoms with Crippen molar-refractivity contribution in [3.63, 3.8) is 0 Å². The van der Waals surface area contributed by atoms with E-state index in [0.29, 0.717) is 19.1 Å². The molecule has 1 aliphatic carbocycles. The van der Waals surface area contributed by atoms with Gasteiger partial charge in [0.1, 0.15) is 0 Å². The molecule has 0 aromatic heterocycles. The molecule has 2 aliphatic rings. The van der Waals surface area contributed by atoms with Gasteiger partial charge in [-0.25, -0.2) is 0 Å². The van der Waals surface area contributed by atoms with Gasteiger partial charge >= 0.3 is 0 Å². The Morgan fingerprint density at radius 2 is 2.06 bits per heavy atom. The lowest BCUT2D eigenvalue weighted by Gasteiger charge is -2.28. The van der Waals surface area contributed by atoms with Crippen molar-refractivity contribution in [2.75, 3.05) is 13.2 Å². The Balaban J connectivity index is 0.00000162. The molecule has 0 spiro atoms. The van der Waals surface area contributed by atoms with Crippen LogP contribution < -0.4 is 11.1 Å². The van der Waals surface area contributed by atoms with E-state index in [1.54, 1.807) is 0 Å². The van der Waals surface area contributed by atoms with Gasteiger partial charge in [-0.1, -0.05) is 12.8 Å². The van der Waals surface area contributed by atoms with Crippen LogP contribution in [0.4, 0.5) is 0 Å². The third kappa shape index (κ3) is 4.11. The second kappa shape index (κ2) is 7.31. The molecule has 106 valence electrons. The summed E-state index contributed by atoms with van der Waals surface area (Å²) in [6.07, 6.45) is 8.42. The van der Waals surface area contributed by atoms with E-state index >= 15 is 0 Å². The summed E-state index contributed by atoms with van der Waals surface area (Å²) < 4.78 is 5.52. The van der Waals surface area contributed by atoms with Crippen LogP contribution in [0.25, 0.3) is 0 Å². The number of nitrogens with one attached hydrogen (secondary N) is 1. The Labute approximate surface area is 115 Å². The Morgan fingerprint density at radius 3 is 2.61 bits per heavy atom. The summed E-state index contributed by atoms with van der Waals surface area (Å²) in [6.45, 7) is 1.43. The normalized spacial score (nSPS) is 25.7. The zero-order valence-corrected chi connectivity index (χ0v) is 11.8. The molecule has 3 N–H and O–H groups in total. The SMILES string of the molecule is Cl.NCC1(NC(=O)CCC2CCCO2)CCCC1.